The maximum atomic E-state index is 13.2. The number of epoxide rings is 1. The predicted octanol–water partition coefficient (Wildman–Crippen LogP) is -0.148. The zero-order valence-electron chi connectivity index (χ0n) is 22.9. The van der Waals surface area contributed by atoms with Gasteiger partial charge in [0.1, 0.15) is 17.7 Å². The number of hydrogen-bond donors (Lipinski definition) is 3. The van der Waals surface area contributed by atoms with Crippen LogP contribution in [-0.2, 0) is 44.5 Å². The summed E-state index contributed by atoms with van der Waals surface area (Å²) in [6, 6.07) is 3.97. The quantitative estimate of drug-likeness (QED) is 0.163. The molecule has 0 aliphatic carbocycles. The van der Waals surface area contributed by atoms with Crippen LogP contribution in [0.25, 0.3) is 0 Å². The second-order valence-corrected chi connectivity index (χ2v) is 9.89. The number of nitrogens with zero attached hydrogens (tertiary/aromatic N) is 1. The van der Waals surface area contributed by atoms with Gasteiger partial charge in [0.05, 0.1) is 45.6 Å². The van der Waals surface area contributed by atoms with Crippen LogP contribution in [0.2, 0.25) is 0 Å². The van der Waals surface area contributed by atoms with Gasteiger partial charge >= 0.3 is 13.2 Å². The van der Waals surface area contributed by atoms with Crippen molar-refractivity contribution in [1.82, 2.24) is 20.9 Å². The van der Waals surface area contributed by atoms with Crippen molar-refractivity contribution in [2.45, 2.75) is 50.3 Å². The number of ether oxygens (including phenoxy) is 4. The highest BCUT2D eigenvalue weighted by molar-refractivity contribution is 5.98. The number of morpholine rings is 1. The van der Waals surface area contributed by atoms with Gasteiger partial charge in [-0.25, -0.2) is 0 Å². The van der Waals surface area contributed by atoms with Crippen molar-refractivity contribution >= 4 is 23.5 Å². The van der Waals surface area contributed by atoms with E-state index in [0.29, 0.717) is 31.9 Å². The standard InChI is InChI=1S/C26H34F4N4O8/c1-26(15-42-26)21(36)17(11-16-5-3-2-4-6-16)32-23(38)19(14-41-25(29)30)33-22(37)18(13-40-24(27)28)31-20(35)12-34-7-9-39-10-8-34/h2-6,17-19,24-25H,7-15H2,1H3,(H,31,35)(H,32,38)(H,33,37)/t17-,18-,19-,26+/m0/s1. The molecule has 0 unspecified atom stereocenters. The Morgan fingerprint density at radius 3 is 1.93 bits per heavy atom. The maximum Gasteiger partial charge on any atom is 0.345 e. The molecule has 3 N–H and O–H groups in total. The van der Waals surface area contributed by atoms with Gasteiger partial charge in [0.15, 0.2) is 5.78 Å². The fourth-order valence-corrected chi connectivity index (χ4v) is 4.13. The lowest BCUT2D eigenvalue weighted by atomic mass is 9.94. The van der Waals surface area contributed by atoms with Crippen molar-refractivity contribution in [3.05, 3.63) is 35.9 Å². The highest BCUT2D eigenvalue weighted by Gasteiger charge is 2.50. The van der Waals surface area contributed by atoms with Gasteiger partial charge in [0, 0.05) is 13.1 Å². The molecule has 2 saturated heterocycles. The van der Waals surface area contributed by atoms with Crippen molar-refractivity contribution in [2.75, 3.05) is 52.7 Å². The Hall–Kier alpha value is -3.18. The number of Topliss-reactive ketones (excluding diaryl/α,β-unsaturated/α-hetero) is 1. The van der Waals surface area contributed by atoms with E-state index in [4.69, 9.17) is 9.47 Å². The fraction of sp³-hybridized carbons (Fsp3) is 0.615. The topological polar surface area (TPSA) is 148 Å². The van der Waals surface area contributed by atoms with Crippen molar-refractivity contribution in [3.63, 3.8) is 0 Å². The molecule has 0 radical (unpaired) electrons. The molecule has 0 aromatic heterocycles. The lowest BCUT2D eigenvalue weighted by Gasteiger charge is -2.28. The smallest absolute Gasteiger partial charge is 0.345 e. The highest BCUT2D eigenvalue weighted by Crippen LogP contribution is 2.29. The molecule has 2 aliphatic heterocycles. The summed E-state index contributed by atoms with van der Waals surface area (Å²) in [5.74, 6) is -3.41. The van der Waals surface area contributed by atoms with Crippen LogP contribution >= 0.6 is 0 Å². The first-order chi connectivity index (χ1) is 20.0. The second kappa shape index (κ2) is 15.9. The first-order valence-corrected chi connectivity index (χ1v) is 13.2. The maximum absolute atomic E-state index is 13.2. The monoisotopic (exact) mass is 606 g/mol. The summed E-state index contributed by atoms with van der Waals surface area (Å²) < 4.78 is 70.2. The van der Waals surface area contributed by atoms with Gasteiger partial charge in [0.2, 0.25) is 17.7 Å². The second-order valence-electron chi connectivity index (χ2n) is 9.89. The Morgan fingerprint density at radius 2 is 1.40 bits per heavy atom. The Kier molecular flexibility index (Phi) is 12.6. The normalized spacial score (nSPS) is 20.9. The molecule has 16 heteroatoms. The van der Waals surface area contributed by atoms with Gasteiger partial charge in [-0.2, -0.15) is 17.6 Å². The van der Waals surface area contributed by atoms with Crippen molar-refractivity contribution in [1.29, 1.82) is 0 Å². The van der Waals surface area contributed by atoms with E-state index in [0.717, 1.165) is 0 Å². The number of rotatable bonds is 17. The summed E-state index contributed by atoms with van der Waals surface area (Å²) in [6.07, 6.45) is 0.0309. The summed E-state index contributed by atoms with van der Waals surface area (Å²) in [5, 5.41) is 6.87. The van der Waals surface area contributed by atoms with Crippen LogP contribution in [0.15, 0.2) is 30.3 Å². The number of carbonyl (C=O) groups is 4. The lowest BCUT2D eigenvalue weighted by molar-refractivity contribution is -0.153. The number of benzene rings is 1. The molecular weight excluding hydrogens is 572 g/mol. The SMILES string of the molecule is C[C@]1(C(=O)[C@H](Cc2ccccc2)NC(=O)[C@H](COC(F)F)NC(=O)[C@H](COC(F)F)NC(=O)CN2CCOCC2)CO1. The molecule has 234 valence electrons. The number of halogens is 4. The Bertz CT molecular complexity index is 1060. The van der Waals surface area contributed by atoms with E-state index < -0.39 is 73.7 Å². The number of nitrogens with one attached hydrogen (secondary N) is 3. The summed E-state index contributed by atoms with van der Waals surface area (Å²) in [5.41, 5.74) is -0.468. The van der Waals surface area contributed by atoms with Crippen LogP contribution in [0.4, 0.5) is 17.6 Å². The Labute approximate surface area is 239 Å². The number of amides is 3. The molecule has 4 atom stereocenters. The van der Waals surface area contributed by atoms with Gasteiger partial charge in [0.25, 0.3) is 0 Å². The third kappa shape index (κ3) is 10.9. The highest BCUT2D eigenvalue weighted by atomic mass is 19.3. The van der Waals surface area contributed by atoms with Gasteiger partial charge in [-0.05, 0) is 18.9 Å². The first kappa shape index (κ1) is 33.3. The summed E-state index contributed by atoms with van der Waals surface area (Å²) in [6.45, 7) is -5.51. The summed E-state index contributed by atoms with van der Waals surface area (Å²) in [7, 11) is 0. The van der Waals surface area contributed by atoms with Crippen molar-refractivity contribution in [3.8, 4) is 0 Å². The van der Waals surface area contributed by atoms with E-state index in [1.54, 1.807) is 35.2 Å². The van der Waals surface area contributed by atoms with E-state index in [2.05, 4.69) is 25.4 Å². The number of carbonyl (C=O) groups excluding carboxylic acids is 4. The molecule has 2 aliphatic rings. The minimum Gasteiger partial charge on any atom is -0.379 e. The molecule has 2 heterocycles. The third-order valence-electron chi connectivity index (χ3n) is 6.55. The first-order valence-electron chi connectivity index (χ1n) is 13.2. The van der Waals surface area contributed by atoms with Gasteiger partial charge < -0.3 is 34.9 Å². The van der Waals surface area contributed by atoms with Crippen LogP contribution < -0.4 is 16.0 Å². The van der Waals surface area contributed by atoms with Crippen molar-refractivity contribution in [2.24, 2.45) is 0 Å². The zero-order valence-corrected chi connectivity index (χ0v) is 22.9. The van der Waals surface area contributed by atoms with Gasteiger partial charge in [-0.15, -0.1) is 0 Å². The molecule has 0 bridgehead atoms. The molecule has 3 amide bonds. The molecule has 12 nitrogen and oxygen atoms in total. The Balaban J connectivity index is 1.72. The summed E-state index contributed by atoms with van der Waals surface area (Å²) >= 11 is 0. The van der Waals surface area contributed by atoms with E-state index >= 15 is 0 Å². The zero-order chi connectivity index (χ0) is 30.7. The number of hydrogen-bond acceptors (Lipinski definition) is 9. The molecule has 2 fully saturated rings. The third-order valence-corrected chi connectivity index (χ3v) is 6.55. The number of ketones is 1. The molecule has 0 spiro atoms. The minimum atomic E-state index is -3.32. The number of alkyl halides is 4. The van der Waals surface area contributed by atoms with E-state index in [-0.39, 0.29) is 19.6 Å². The molecule has 42 heavy (non-hydrogen) atoms. The average molecular weight is 607 g/mol. The van der Waals surface area contributed by atoms with E-state index in [9.17, 15) is 36.7 Å². The lowest BCUT2D eigenvalue weighted by Crippen LogP contribution is -2.59. The molecule has 1 aromatic rings. The van der Waals surface area contributed by atoms with Crippen LogP contribution in [0.1, 0.15) is 12.5 Å². The molecule has 3 rings (SSSR count). The molecule has 0 saturated carbocycles. The van der Waals surface area contributed by atoms with Gasteiger partial charge in [-0.3, -0.25) is 24.1 Å². The average Bonchev–Trinajstić information content (AvgIpc) is 3.71. The molecular formula is C26H34F4N4O8. The van der Waals surface area contributed by atoms with E-state index in [1.165, 1.54) is 6.92 Å². The van der Waals surface area contributed by atoms with Gasteiger partial charge in [-0.1, -0.05) is 30.3 Å². The van der Waals surface area contributed by atoms with Crippen LogP contribution in [0, 0.1) is 0 Å². The van der Waals surface area contributed by atoms with E-state index in [1.807, 2.05) is 0 Å². The fourth-order valence-electron chi connectivity index (χ4n) is 4.13. The van der Waals surface area contributed by atoms with Crippen LogP contribution in [-0.4, -0.2) is 118 Å². The minimum absolute atomic E-state index is 0.0309. The largest absolute Gasteiger partial charge is 0.379 e. The Morgan fingerprint density at radius 1 is 0.881 bits per heavy atom. The molecule has 1 aromatic carbocycles. The van der Waals surface area contributed by atoms with Crippen LogP contribution in [0.5, 0.6) is 0 Å². The van der Waals surface area contributed by atoms with Crippen LogP contribution in [0.3, 0.4) is 0 Å². The summed E-state index contributed by atoms with van der Waals surface area (Å²) in [4.78, 5) is 53.6. The predicted molar refractivity (Wildman–Crippen MR) is 136 cm³/mol. The van der Waals surface area contributed by atoms with Crippen molar-refractivity contribution < 1.29 is 55.7 Å².